The minimum absolute atomic E-state index is 0.0217. The van der Waals surface area contributed by atoms with Crippen LogP contribution in [0.5, 0.6) is 0 Å². The molecule has 0 aliphatic carbocycles. The third-order valence-corrected chi connectivity index (χ3v) is 5.81. The molecule has 1 aromatic rings. The first-order valence-electron chi connectivity index (χ1n) is 6.02. The minimum Gasteiger partial charge on any atom is -0.307 e. The smallest absolute Gasteiger partial charge is 0.268 e. The Morgan fingerprint density at radius 3 is 2.50 bits per heavy atom. The van der Waals surface area contributed by atoms with Crippen molar-refractivity contribution in [3.8, 4) is 0 Å². The van der Waals surface area contributed by atoms with Gasteiger partial charge in [0.25, 0.3) is 5.91 Å². The Bertz CT molecular complexity index is 652. The summed E-state index contributed by atoms with van der Waals surface area (Å²) in [6.07, 6.45) is 0. The fourth-order valence-electron chi connectivity index (χ4n) is 2.03. The fraction of sp³-hybridized carbons (Fsp3) is 0.143. The quantitative estimate of drug-likeness (QED) is 0.579. The molecule has 2 heterocycles. The summed E-state index contributed by atoms with van der Waals surface area (Å²) in [4.78, 5) is 16.6. The Kier molecular flexibility index (Phi) is 3.62. The Morgan fingerprint density at radius 1 is 1.20 bits per heavy atom. The number of anilines is 1. The molecule has 102 valence electrons. The van der Waals surface area contributed by atoms with E-state index in [4.69, 9.17) is 12.2 Å². The van der Waals surface area contributed by atoms with E-state index in [0.29, 0.717) is 9.23 Å². The molecule has 0 unspecified atom stereocenters. The molecule has 0 atom stereocenters. The van der Waals surface area contributed by atoms with E-state index in [1.807, 2.05) is 37.3 Å². The number of thiocarbonyl (C=S) groups is 1. The van der Waals surface area contributed by atoms with Crippen molar-refractivity contribution in [3.63, 3.8) is 0 Å². The first-order valence-corrected chi connectivity index (χ1v) is 8.13. The van der Waals surface area contributed by atoms with Gasteiger partial charge in [-0.05, 0) is 24.5 Å². The van der Waals surface area contributed by atoms with Gasteiger partial charge in [-0.15, -0.1) is 0 Å². The molecule has 2 aliphatic rings. The lowest BCUT2D eigenvalue weighted by Gasteiger charge is -2.22. The molecule has 0 saturated carbocycles. The van der Waals surface area contributed by atoms with Crippen LogP contribution in [0.15, 0.2) is 51.4 Å². The van der Waals surface area contributed by atoms with Gasteiger partial charge in [-0.3, -0.25) is 9.69 Å². The van der Waals surface area contributed by atoms with Crippen molar-refractivity contribution in [3.05, 3.63) is 51.4 Å². The SMILES string of the molecule is CC1=CS/C(=C2/SC(=S)N(C)C2=O)N1c1ccccc1. The standard InChI is InChI=1S/C14H12N2OS3/c1-9-8-19-13(11-12(17)15(2)14(18)20-11)16(9)10-6-4-3-5-7-10/h3-8H,1-2H3/b13-11+. The minimum atomic E-state index is -0.0217. The predicted molar refractivity (Wildman–Crippen MR) is 90.3 cm³/mol. The molecule has 3 rings (SSSR count). The molecule has 3 nitrogen and oxygen atoms in total. The van der Waals surface area contributed by atoms with Gasteiger partial charge in [0.1, 0.15) is 14.3 Å². The first-order chi connectivity index (χ1) is 9.59. The van der Waals surface area contributed by atoms with Crippen LogP contribution in [0.25, 0.3) is 0 Å². The van der Waals surface area contributed by atoms with Crippen LogP contribution in [0.2, 0.25) is 0 Å². The van der Waals surface area contributed by atoms with Crippen molar-refractivity contribution in [2.24, 2.45) is 0 Å². The Hall–Kier alpha value is -1.24. The van der Waals surface area contributed by atoms with Gasteiger partial charge in [0, 0.05) is 18.4 Å². The molecule has 1 aromatic carbocycles. The van der Waals surface area contributed by atoms with Crippen molar-refractivity contribution in [1.82, 2.24) is 4.90 Å². The number of allylic oxidation sites excluding steroid dienone is 1. The summed E-state index contributed by atoms with van der Waals surface area (Å²) >= 11 is 8.15. The van der Waals surface area contributed by atoms with Gasteiger partial charge in [0.2, 0.25) is 0 Å². The van der Waals surface area contributed by atoms with Crippen LogP contribution in [0.3, 0.4) is 0 Å². The van der Waals surface area contributed by atoms with E-state index in [0.717, 1.165) is 16.4 Å². The van der Waals surface area contributed by atoms with Crippen LogP contribution in [0, 0.1) is 0 Å². The van der Waals surface area contributed by atoms with Gasteiger partial charge in [-0.25, -0.2) is 0 Å². The Labute approximate surface area is 131 Å². The van der Waals surface area contributed by atoms with Crippen LogP contribution in [0.1, 0.15) is 6.92 Å². The van der Waals surface area contributed by atoms with Crippen molar-refractivity contribution >= 4 is 51.7 Å². The van der Waals surface area contributed by atoms with Gasteiger partial charge in [-0.1, -0.05) is 53.9 Å². The molecule has 6 heteroatoms. The molecule has 1 amide bonds. The van der Waals surface area contributed by atoms with E-state index in [2.05, 4.69) is 10.3 Å². The van der Waals surface area contributed by atoms with E-state index in [1.54, 1.807) is 18.8 Å². The molecule has 0 bridgehead atoms. The molecule has 0 radical (unpaired) electrons. The number of para-hydroxylation sites is 1. The molecule has 0 spiro atoms. The van der Waals surface area contributed by atoms with Crippen LogP contribution in [-0.4, -0.2) is 22.2 Å². The number of likely N-dealkylation sites (N-methyl/N-ethyl adjacent to an activating group) is 1. The molecule has 1 saturated heterocycles. The van der Waals surface area contributed by atoms with E-state index >= 15 is 0 Å². The molecular formula is C14H12N2OS3. The van der Waals surface area contributed by atoms with Gasteiger partial charge in [0.15, 0.2) is 0 Å². The van der Waals surface area contributed by atoms with Gasteiger partial charge >= 0.3 is 0 Å². The number of nitrogens with zero attached hydrogens (tertiary/aromatic N) is 2. The summed E-state index contributed by atoms with van der Waals surface area (Å²) in [6, 6.07) is 10.0. The zero-order valence-electron chi connectivity index (χ0n) is 11.0. The number of carbonyl (C=O) groups is 1. The highest BCUT2D eigenvalue weighted by atomic mass is 32.2. The van der Waals surface area contributed by atoms with Crippen LogP contribution in [-0.2, 0) is 4.79 Å². The normalized spacial score (nSPS) is 22.8. The zero-order chi connectivity index (χ0) is 14.3. The van der Waals surface area contributed by atoms with Crippen LogP contribution < -0.4 is 4.90 Å². The lowest BCUT2D eigenvalue weighted by Crippen LogP contribution is -2.24. The Morgan fingerprint density at radius 2 is 1.90 bits per heavy atom. The lowest BCUT2D eigenvalue weighted by molar-refractivity contribution is -0.121. The zero-order valence-corrected chi connectivity index (χ0v) is 13.4. The molecule has 0 aromatic heterocycles. The van der Waals surface area contributed by atoms with Crippen molar-refractivity contribution in [1.29, 1.82) is 0 Å². The van der Waals surface area contributed by atoms with E-state index in [-0.39, 0.29) is 5.91 Å². The maximum atomic E-state index is 12.3. The summed E-state index contributed by atoms with van der Waals surface area (Å²) in [5.41, 5.74) is 2.17. The third kappa shape index (κ3) is 2.17. The maximum Gasteiger partial charge on any atom is 0.268 e. The number of rotatable bonds is 1. The average molecular weight is 320 g/mol. The van der Waals surface area contributed by atoms with Crippen molar-refractivity contribution in [2.45, 2.75) is 6.92 Å². The number of amides is 1. The fourth-order valence-corrected chi connectivity index (χ4v) is 4.37. The summed E-state index contributed by atoms with van der Waals surface area (Å²) in [6.45, 7) is 2.04. The summed E-state index contributed by atoms with van der Waals surface area (Å²) < 4.78 is 0.607. The highest BCUT2D eigenvalue weighted by molar-refractivity contribution is 8.27. The van der Waals surface area contributed by atoms with Crippen molar-refractivity contribution < 1.29 is 4.79 Å². The summed E-state index contributed by atoms with van der Waals surface area (Å²) in [5.74, 6) is -0.0217. The highest BCUT2D eigenvalue weighted by Crippen LogP contribution is 2.45. The van der Waals surface area contributed by atoms with Gasteiger partial charge in [0.05, 0.1) is 0 Å². The van der Waals surface area contributed by atoms with Crippen LogP contribution >= 0.6 is 35.7 Å². The molecular weight excluding hydrogens is 308 g/mol. The first kappa shape index (κ1) is 13.7. The summed E-state index contributed by atoms with van der Waals surface area (Å²) in [5, 5.41) is 3.00. The average Bonchev–Trinajstić information content (AvgIpc) is 2.95. The number of thioether (sulfide) groups is 2. The largest absolute Gasteiger partial charge is 0.307 e. The third-order valence-electron chi connectivity index (χ3n) is 3.07. The predicted octanol–water partition coefficient (Wildman–Crippen LogP) is 3.76. The molecule has 0 N–H and O–H groups in total. The van der Waals surface area contributed by atoms with Crippen LogP contribution in [0.4, 0.5) is 5.69 Å². The van der Waals surface area contributed by atoms with Crippen molar-refractivity contribution in [2.75, 3.05) is 11.9 Å². The van der Waals surface area contributed by atoms with Gasteiger partial charge in [-0.2, -0.15) is 0 Å². The van der Waals surface area contributed by atoms with E-state index < -0.39 is 0 Å². The van der Waals surface area contributed by atoms with Gasteiger partial charge < -0.3 is 4.90 Å². The second-order valence-corrected chi connectivity index (χ2v) is 6.92. The summed E-state index contributed by atoms with van der Waals surface area (Å²) in [7, 11) is 1.72. The van der Waals surface area contributed by atoms with E-state index in [1.165, 1.54) is 16.7 Å². The monoisotopic (exact) mass is 320 g/mol. The van der Waals surface area contributed by atoms with E-state index in [9.17, 15) is 4.79 Å². The molecule has 2 aliphatic heterocycles. The topological polar surface area (TPSA) is 23.6 Å². The molecule has 20 heavy (non-hydrogen) atoms. The number of benzene rings is 1. The maximum absolute atomic E-state index is 12.3. The lowest BCUT2D eigenvalue weighted by atomic mass is 10.3. The number of hydrogen-bond acceptors (Lipinski definition) is 5. The number of hydrogen-bond donors (Lipinski definition) is 0. The second-order valence-electron chi connectivity index (χ2n) is 4.41. The second kappa shape index (κ2) is 5.27. The number of carbonyl (C=O) groups excluding carboxylic acids is 1. The molecule has 1 fully saturated rings. The highest BCUT2D eigenvalue weighted by Gasteiger charge is 2.35. The Balaban J connectivity index is 2.07.